The van der Waals surface area contributed by atoms with E-state index in [1.54, 1.807) is 0 Å². The highest BCUT2D eigenvalue weighted by molar-refractivity contribution is 6.30. The fourth-order valence-electron chi connectivity index (χ4n) is 0.121. The van der Waals surface area contributed by atoms with Crippen molar-refractivity contribution in [2.75, 3.05) is 0 Å². The number of nitrogens with one attached hydrogen (secondary N) is 1. The molecule has 0 rings (SSSR count). The smallest absolute Gasteiger partial charge is 0.129 e. The van der Waals surface area contributed by atoms with E-state index in [2.05, 4.69) is 11.7 Å². The third-order valence-electron chi connectivity index (χ3n) is 0.372. The van der Waals surface area contributed by atoms with Crippen molar-refractivity contribution >= 4 is 24.5 Å². The van der Waals surface area contributed by atoms with E-state index in [9.17, 15) is 0 Å². The molecule has 0 saturated heterocycles. The van der Waals surface area contributed by atoms with E-state index in [1.807, 2.05) is 0 Å². The number of hydrogen-bond donors (Lipinski definition) is 1. The first-order valence-electron chi connectivity index (χ1n) is 1.64. The van der Waals surface area contributed by atoms with Gasteiger partial charge < -0.3 is 5.41 Å². The molecule has 0 aliphatic rings. The molecule has 0 amide bonds. The number of nitrogens with zero attached hydrogens (tertiary/aromatic N) is 1. The second kappa shape index (κ2) is 3.56. The van der Waals surface area contributed by atoms with Crippen LogP contribution in [0, 0.1) is 5.41 Å². The summed E-state index contributed by atoms with van der Waals surface area (Å²) >= 11 is 5.25. The first-order chi connectivity index (χ1) is 3.31. The van der Waals surface area contributed by atoms with Gasteiger partial charge in [0.15, 0.2) is 0 Å². The molecular weight excluding hydrogens is 112 g/mol. The molecule has 0 unspecified atom stereocenters. The topological polar surface area (TPSA) is 36.2 Å². The van der Waals surface area contributed by atoms with Crippen molar-refractivity contribution in [2.24, 2.45) is 4.99 Å². The van der Waals surface area contributed by atoms with E-state index in [0.29, 0.717) is 0 Å². The van der Waals surface area contributed by atoms with E-state index in [0.717, 1.165) is 6.21 Å². The van der Waals surface area contributed by atoms with E-state index < -0.39 is 0 Å². The summed E-state index contributed by atoms with van der Waals surface area (Å²) < 4.78 is 0. The Bertz CT molecular complexity index is 106. The molecule has 0 bridgehead atoms. The van der Waals surface area contributed by atoms with Crippen LogP contribution in [0.15, 0.2) is 16.2 Å². The van der Waals surface area contributed by atoms with Gasteiger partial charge in [0.1, 0.15) is 5.16 Å². The zero-order valence-electron chi connectivity index (χ0n) is 3.69. The predicted octanol–water partition coefficient (Wildman–Crippen LogP) is 1.42. The number of halogens is 1. The van der Waals surface area contributed by atoms with Gasteiger partial charge in [0.05, 0.1) is 0 Å². The molecule has 0 spiro atoms. The Kier molecular flexibility index (Phi) is 3.24. The minimum absolute atomic E-state index is 0.245. The number of rotatable bonds is 2. The van der Waals surface area contributed by atoms with Gasteiger partial charge in [-0.2, -0.15) is 0 Å². The third kappa shape index (κ3) is 3.19. The Labute approximate surface area is 47.0 Å². The molecule has 3 heteroatoms. The monoisotopic (exact) mass is 116 g/mol. The van der Waals surface area contributed by atoms with Gasteiger partial charge in [0.2, 0.25) is 0 Å². The first kappa shape index (κ1) is 6.37. The Hall–Kier alpha value is -0.630. The summed E-state index contributed by atoms with van der Waals surface area (Å²) in [6, 6.07) is 0. The van der Waals surface area contributed by atoms with Crippen molar-refractivity contribution in [3.63, 3.8) is 0 Å². The lowest BCUT2D eigenvalue weighted by Gasteiger charge is -1.76. The fourth-order valence-corrected chi connectivity index (χ4v) is 0.184. The van der Waals surface area contributed by atoms with Gasteiger partial charge in [-0.05, 0) is 12.8 Å². The number of aliphatic imine (C=N–C) groups is 1. The average Bonchev–Trinajstić information content (AvgIpc) is 1.68. The molecule has 0 saturated carbocycles. The quantitative estimate of drug-likeness (QED) is 0.419. The maximum absolute atomic E-state index is 6.46. The largest absolute Gasteiger partial charge is 0.309 e. The maximum Gasteiger partial charge on any atom is 0.129 e. The van der Waals surface area contributed by atoms with Crippen molar-refractivity contribution in [3.05, 3.63) is 11.2 Å². The van der Waals surface area contributed by atoms with Crippen molar-refractivity contribution in [1.29, 1.82) is 5.41 Å². The lowest BCUT2D eigenvalue weighted by atomic mass is 10.7. The molecule has 0 fully saturated rings. The van der Waals surface area contributed by atoms with E-state index in [4.69, 9.17) is 17.0 Å². The van der Waals surface area contributed by atoms with Crippen LogP contribution in [0.4, 0.5) is 0 Å². The summed E-state index contributed by atoms with van der Waals surface area (Å²) in [4.78, 5) is 3.30. The molecule has 1 N–H and O–H groups in total. The maximum atomic E-state index is 6.46. The Morgan fingerprint density at radius 1 is 1.86 bits per heavy atom. The van der Waals surface area contributed by atoms with Crippen molar-refractivity contribution in [3.8, 4) is 0 Å². The second-order valence-corrected chi connectivity index (χ2v) is 1.20. The molecule has 0 aromatic carbocycles. The summed E-state index contributed by atoms with van der Waals surface area (Å²) in [5.41, 5.74) is 0. The van der Waals surface area contributed by atoms with E-state index in [1.165, 1.54) is 6.08 Å². The summed E-state index contributed by atoms with van der Waals surface area (Å²) in [5, 5.41) is 6.71. The molecule has 0 radical (unpaired) electrons. The molecule has 0 aliphatic heterocycles. The molecule has 0 heterocycles. The minimum atomic E-state index is 0.245. The molecule has 0 aromatic heterocycles. The van der Waals surface area contributed by atoms with Gasteiger partial charge in [-0.15, -0.1) is 0 Å². The van der Waals surface area contributed by atoms with Crippen LogP contribution in [0.25, 0.3) is 0 Å². The SMILES string of the molecule is C=N/C(Cl)=C\C=N. The molecule has 2 nitrogen and oxygen atoms in total. The highest BCUT2D eigenvalue weighted by atomic mass is 35.5. The Morgan fingerprint density at radius 2 is 2.43 bits per heavy atom. The highest BCUT2D eigenvalue weighted by Crippen LogP contribution is 1.97. The Morgan fingerprint density at radius 3 is 2.57 bits per heavy atom. The van der Waals surface area contributed by atoms with Gasteiger partial charge in [0.25, 0.3) is 0 Å². The number of hydrogen-bond acceptors (Lipinski definition) is 2. The predicted molar refractivity (Wildman–Crippen MR) is 32.3 cm³/mol. The van der Waals surface area contributed by atoms with Crippen LogP contribution in [0.2, 0.25) is 0 Å². The van der Waals surface area contributed by atoms with Crippen molar-refractivity contribution in [2.45, 2.75) is 0 Å². The van der Waals surface area contributed by atoms with Crippen LogP contribution >= 0.6 is 11.6 Å². The average molecular weight is 117 g/mol. The van der Waals surface area contributed by atoms with Crippen molar-refractivity contribution in [1.82, 2.24) is 0 Å². The molecular formula is C4H5ClN2. The summed E-state index contributed by atoms with van der Waals surface area (Å²) in [6.45, 7) is 3.13. The lowest BCUT2D eigenvalue weighted by Crippen LogP contribution is -1.61. The molecule has 38 valence electrons. The summed E-state index contributed by atoms with van der Waals surface area (Å²) in [6.07, 6.45) is 2.39. The van der Waals surface area contributed by atoms with Crippen LogP contribution in [0.1, 0.15) is 0 Å². The van der Waals surface area contributed by atoms with E-state index >= 15 is 0 Å². The Balaban J connectivity index is 3.72. The zero-order chi connectivity index (χ0) is 5.70. The lowest BCUT2D eigenvalue weighted by molar-refractivity contribution is 1.53. The van der Waals surface area contributed by atoms with Crippen LogP contribution in [-0.2, 0) is 0 Å². The fraction of sp³-hybridized carbons (Fsp3) is 0. The van der Waals surface area contributed by atoms with Crippen LogP contribution in [0.5, 0.6) is 0 Å². The van der Waals surface area contributed by atoms with Crippen LogP contribution in [-0.4, -0.2) is 12.9 Å². The number of allylic oxidation sites excluding steroid dienone is 1. The van der Waals surface area contributed by atoms with Gasteiger partial charge >= 0.3 is 0 Å². The van der Waals surface area contributed by atoms with Crippen LogP contribution < -0.4 is 0 Å². The van der Waals surface area contributed by atoms with Gasteiger partial charge in [-0.25, -0.2) is 0 Å². The van der Waals surface area contributed by atoms with Crippen molar-refractivity contribution < 1.29 is 0 Å². The molecule has 0 atom stereocenters. The van der Waals surface area contributed by atoms with Gasteiger partial charge in [-0.1, -0.05) is 11.6 Å². The van der Waals surface area contributed by atoms with Crippen LogP contribution in [0.3, 0.4) is 0 Å². The third-order valence-corrected chi connectivity index (χ3v) is 0.617. The van der Waals surface area contributed by atoms with Gasteiger partial charge in [-0.3, -0.25) is 4.99 Å². The van der Waals surface area contributed by atoms with Gasteiger partial charge in [0, 0.05) is 6.21 Å². The minimum Gasteiger partial charge on any atom is -0.309 e. The molecule has 7 heavy (non-hydrogen) atoms. The second-order valence-electron chi connectivity index (χ2n) is 0.814. The molecule has 0 aromatic rings. The molecule has 0 aliphatic carbocycles. The first-order valence-corrected chi connectivity index (χ1v) is 2.02. The summed E-state index contributed by atoms with van der Waals surface area (Å²) in [7, 11) is 0. The summed E-state index contributed by atoms with van der Waals surface area (Å²) in [5.74, 6) is 0. The highest BCUT2D eigenvalue weighted by Gasteiger charge is 1.74. The van der Waals surface area contributed by atoms with E-state index in [-0.39, 0.29) is 5.16 Å². The normalized spacial score (nSPS) is 10.7. The standard InChI is InChI=1S/C4H5ClN2/c1-7-4(5)2-3-6/h2-3,6H,1H2/b4-2-,6-3?. The zero-order valence-corrected chi connectivity index (χ0v) is 4.44.